The number of rotatable bonds is 7. The van der Waals surface area contributed by atoms with Crippen molar-refractivity contribution in [1.29, 1.82) is 0 Å². The Balaban J connectivity index is 1.96. The first-order chi connectivity index (χ1) is 9.24. The van der Waals surface area contributed by atoms with Crippen LogP contribution in [0.5, 0.6) is 0 Å². The van der Waals surface area contributed by atoms with Crippen molar-refractivity contribution in [1.82, 2.24) is 0 Å². The summed E-state index contributed by atoms with van der Waals surface area (Å²) in [6.45, 7) is 4.58. The van der Waals surface area contributed by atoms with Crippen LogP contribution in [0.1, 0.15) is 25.7 Å². The highest BCUT2D eigenvalue weighted by atomic mass is 35.5. The van der Waals surface area contributed by atoms with Gasteiger partial charge in [-0.05, 0) is 25.3 Å². The summed E-state index contributed by atoms with van der Waals surface area (Å²) in [7, 11) is 0. The Bertz CT molecular complexity index is 551. The number of hydrogen-bond acceptors (Lipinski definition) is 3. The van der Waals surface area contributed by atoms with Crippen molar-refractivity contribution in [2.75, 3.05) is 11.9 Å². The summed E-state index contributed by atoms with van der Waals surface area (Å²) in [6, 6.07) is 1.72. The zero-order chi connectivity index (χ0) is 13.7. The molecule has 0 saturated heterocycles. The molecule has 6 heteroatoms. The van der Waals surface area contributed by atoms with Crippen LogP contribution in [0.4, 0.5) is 17.1 Å². The van der Waals surface area contributed by atoms with Gasteiger partial charge in [0.1, 0.15) is 11.4 Å². The summed E-state index contributed by atoms with van der Waals surface area (Å²) in [5, 5.41) is 4.47. The molecule has 0 atom stereocenters. The molecular formula is C13H15Cl2N3S. The largest absolute Gasteiger partial charge is 0.382 e. The van der Waals surface area contributed by atoms with Crippen LogP contribution in [0.2, 0.25) is 10.0 Å². The van der Waals surface area contributed by atoms with E-state index in [1.807, 2.05) is 6.08 Å². The van der Waals surface area contributed by atoms with Crippen molar-refractivity contribution in [3.8, 4) is 0 Å². The second-order valence-corrected chi connectivity index (χ2v) is 5.58. The van der Waals surface area contributed by atoms with Crippen molar-refractivity contribution < 1.29 is 0 Å². The molecule has 2 rings (SSSR count). The van der Waals surface area contributed by atoms with E-state index in [9.17, 15) is 0 Å². The fourth-order valence-electron chi connectivity index (χ4n) is 1.85. The number of halogens is 2. The molecule has 3 nitrogen and oxygen atoms in total. The van der Waals surface area contributed by atoms with E-state index in [1.54, 1.807) is 6.07 Å². The van der Waals surface area contributed by atoms with Crippen molar-refractivity contribution in [3.05, 3.63) is 28.8 Å². The lowest BCUT2D eigenvalue weighted by molar-refractivity contribution is 0.709. The second-order valence-electron chi connectivity index (χ2n) is 4.24. The molecule has 0 radical (unpaired) electrons. The van der Waals surface area contributed by atoms with Gasteiger partial charge in [0, 0.05) is 6.54 Å². The first kappa shape index (κ1) is 14.6. The molecule has 0 spiro atoms. The standard InChI is InChI=1S/C13H15Cl2N3S/c1-2-3-4-5-6-7-16-11-9(14)8-10(15)12-13(11)18-19-17-12/h2,8,16H,1,3-7H2. The Morgan fingerprint density at radius 2 is 1.95 bits per heavy atom. The zero-order valence-corrected chi connectivity index (χ0v) is 12.8. The van der Waals surface area contributed by atoms with Crippen LogP contribution in [0, 0.1) is 0 Å². The first-order valence-corrected chi connectivity index (χ1v) is 7.67. The number of anilines is 1. The van der Waals surface area contributed by atoms with E-state index in [2.05, 4.69) is 20.6 Å². The monoisotopic (exact) mass is 315 g/mol. The topological polar surface area (TPSA) is 36.8 Å². The van der Waals surface area contributed by atoms with Gasteiger partial charge in [-0.1, -0.05) is 35.7 Å². The molecule has 1 heterocycles. The third kappa shape index (κ3) is 3.59. The lowest BCUT2D eigenvalue weighted by Crippen LogP contribution is -2.02. The van der Waals surface area contributed by atoms with Crippen molar-refractivity contribution >= 4 is 51.6 Å². The Morgan fingerprint density at radius 3 is 2.74 bits per heavy atom. The van der Waals surface area contributed by atoms with Gasteiger partial charge in [0.15, 0.2) is 0 Å². The van der Waals surface area contributed by atoms with Crippen LogP contribution in [-0.2, 0) is 11.4 Å². The number of hydrogen-bond donors (Lipinski definition) is 1. The third-order valence-electron chi connectivity index (χ3n) is 2.83. The van der Waals surface area contributed by atoms with Gasteiger partial charge in [-0.3, -0.25) is 0 Å². The molecule has 1 aliphatic heterocycles. The van der Waals surface area contributed by atoms with Crippen LogP contribution in [0.25, 0.3) is 0 Å². The van der Waals surface area contributed by atoms with E-state index in [1.165, 1.54) is 12.8 Å². The molecule has 0 unspecified atom stereocenters. The van der Waals surface area contributed by atoms with E-state index in [0.717, 1.165) is 42.1 Å². The number of nitrogens with one attached hydrogen (secondary N) is 1. The minimum absolute atomic E-state index is 0.547. The highest BCUT2D eigenvalue weighted by Gasteiger charge is 2.18. The minimum Gasteiger partial charge on any atom is -0.382 e. The fourth-order valence-corrected chi connectivity index (χ4v) is 3.03. The summed E-state index contributed by atoms with van der Waals surface area (Å²) in [6.07, 6.45) is 6.46. The summed E-state index contributed by atoms with van der Waals surface area (Å²) in [4.78, 5) is 0. The van der Waals surface area contributed by atoms with Crippen molar-refractivity contribution in [2.45, 2.75) is 25.7 Å². The van der Waals surface area contributed by atoms with Gasteiger partial charge >= 0.3 is 0 Å². The second kappa shape index (κ2) is 7.08. The normalized spacial score (nSPS) is 12.1. The number of allylic oxidation sites excluding steroid dienone is 1. The maximum atomic E-state index is 6.20. The van der Waals surface area contributed by atoms with E-state index in [0.29, 0.717) is 15.7 Å². The summed E-state index contributed by atoms with van der Waals surface area (Å²) < 4.78 is 8.43. The maximum absolute atomic E-state index is 6.20. The van der Waals surface area contributed by atoms with Gasteiger partial charge in [0.25, 0.3) is 0 Å². The lowest BCUT2D eigenvalue weighted by Gasteiger charge is -2.11. The highest BCUT2D eigenvalue weighted by Crippen LogP contribution is 2.47. The van der Waals surface area contributed by atoms with Crippen LogP contribution in [0.15, 0.2) is 27.4 Å². The molecule has 0 bridgehead atoms. The highest BCUT2D eigenvalue weighted by molar-refractivity contribution is 7.58. The molecule has 0 saturated carbocycles. The average molecular weight is 316 g/mol. The lowest BCUT2D eigenvalue weighted by atomic mass is 10.2. The van der Waals surface area contributed by atoms with Gasteiger partial charge in [-0.2, -0.15) is 8.73 Å². The zero-order valence-electron chi connectivity index (χ0n) is 10.5. The van der Waals surface area contributed by atoms with Gasteiger partial charge in [0.05, 0.1) is 27.1 Å². The predicted octanol–water partition coefficient (Wildman–Crippen LogP) is 5.88. The molecule has 0 aromatic heterocycles. The van der Waals surface area contributed by atoms with E-state index < -0.39 is 0 Å². The molecule has 1 aromatic rings. The molecule has 1 aromatic carbocycles. The average Bonchev–Trinajstić information content (AvgIpc) is 2.86. The van der Waals surface area contributed by atoms with E-state index >= 15 is 0 Å². The van der Waals surface area contributed by atoms with Gasteiger partial charge in [0.2, 0.25) is 0 Å². The molecule has 0 aliphatic carbocycles. The van der Waals surface area contributed by atoms with Crippen molar-refractivity contribution in [3.63, 3.8) is 0 Å². The van der Waals surface area contributed by atoms with Crippen LogP contribution in [0.3, 0.4) is 0 Å². The Hall–Kier alpha value is -0.840. The molecule has 19 heavy (non-hydrogen) atoms. The summed E-state index contributed by atoms with van der Waals surface area (Å²) in [5.74, 6) is 0. The first-order valence-electron chi connectivity index (χ1n) is 6.19. The molecule has 1 N–H and O–H groups in total. The molecule has 102 valence electrons. The Kier molecular flexibility index (Phi) is 5.43. The third-order valence-corrected chi connectivity index (χ3v) is 3.95. The smallest absolute Gasteiger partial charge is 0.130 e. The van der Waals surface area contributed by atoms with Crippen LogP contribution < -0.4 is 5.32 Å². The molecular weight excluding hydrogens is 301 g/mol. The quantitative estimate of drug-likeness (QED) is 0.503. The molecule has 0 fully saturated rings. The summed E-state index contributed by atoms with van der Waals surface area (Å²) >= 11 is 13.4. The van der Waals surface area contributed by atoms with Crippen molar-refractivity contribution in [2.24, 2.45) is 8.73 Å². The van der Waals surface area contributed by atoms with Gasteiger partial charge < -0.3 is 5.32 Å². The number of nitrogens with zero attached hydrogens (tertiary/aromatic N) is 2. The molecule has 1 aliphatic rings. The van der Waals surface area contributed by atoms with Gasteiger partial charge in [-0.15, -0.1) is 6.58 Å². The van der Waals surface area contributed by atoms with E-state index in [4.69, 9.17) is 23.2 Å². The molecule has 0 amide bonds. The summed E-state index contributed by atoms with van der Waals surface area (Å²) in [5.41, 5.74) is 2.30. The number of unbranched alkanes of at least 4 members (excludes halogenated alkanes) is 3. The van der Waals surface area contributed by atoms with Gasteiger partial charge in [-0.25, -0.2) is 0 Å². The number of fused-ring (bicyclic) bond motifs is 1. The predicted molar refractivity (Wildman–Crippen MR) is 85.2 cm³/mol. The number of benzene rings is 1. The van der Waals surface area contributed by atoms with Crippen LogP contribution >= 0.6 is 23.2 Å². The van der Waals surface area contributed by atoms with Crippen LogP contribution in [-0.4, -0.2) is 6.54 Å². The fraction of sp³-hybridized carbons (Fsp3) is 0.385. The Morgan fingerprint density at radius 1 is 1.16 bits per heavy atom. The maximum Gasteiger partial charge on any atom is 0.130 e. The Labute approximate surface area is 126 Å². The SMILES string of the molecule is C=CCCCCCNc1c(Cl)cc(Cl)c2c1N=S=N2. The minimum atomic E-state index is 0.547. The van der Waals surface area contributed by atoms with E-state index in [-0.39, 0.29) is 0 Å².